The van der Waals surface area contributed by atoms with Gasteiger partial charge in [-0.3, -0.25) is 9.69 Å². The minimum atomic E-state index is -0.434. The molecule has 24 heavy (non-hydrogen) atoms. The standard InChI is InChI=1S/C18H25FN2O3/c1-20-12-15(22)10-18(17(20)23)5-7-21(8-6-18)11-13-3-4-14(19)9-16(13)24-2/h3-4,9,15,22H,5-8,10-12H2,1-2H3. The van der Waals surface area contributed by atoms with Gasteiger partial charge in [-0.15, -0.1) is 0 Å². The van der Waals surface area contributed by atoms with Crippen LogP contribution in [0.4, 0.5) is 4.39 Å². The molecule has 3 rings (SSSR count). The Morgan fingerprint density at radius 2 is 2.08 bits per heavy atom. The summed E-state index contributed by atoms with van der Waals surface area (Å²) in [6.45, 7) is 2.67. The molecule has 1 N–H and O–H groups in total. The van der Waals surface area contributed by atoms with E-state index in [1.165, 1.54) is 12.1 Å². The largest absolute Gasteiger partial charge is 0.496 e. The van der Waals surface area contributed by atoms with Crippen molar-refractivity contribution in [2.24, 2.45) is 5.41 Å². The Morgan fingerprint density at radius 1 is 1.38 bits per heavy atom. The van der Waals surface area contributed by atoms with E-state index in [2.05, 4.69) is 4.90 Å². The fraction of sp³-hybridized carbons (Fsp3) is 0.611. The first-order chi connectivity index (χ1) is 11.4. The number of aliphatic hydroxyl groups excluding tert-OH is 1. The molecular formula is C18H25FN2O3. The third-order valence-electron chi connectivity index (χ3n) is 5.37. The lowest BCUT2D eigenvalue weighted by Crippen LogP contribution is -2.56. The Kier molecular flexibility index (Phi) is 4.78. The van der Waals surface area contributed by atoms with Crippen molar-refractivity contribution in [3.63, 3.8) is 0 Å². The van der Waals surface area contributed by atoms with Crippen LogP contribution in [-0.4, -0.2) is 60.7 Å². The molecule has 2 aliphatic heterocycles. The summed E-state index contributed by atoms with van der Waals surface area (Å²) in [7, 11) is 3.31. The number of methoxy groups -OCH3 is 1. The van der Waals surface area contributed by atoms with Gasteiger partial charge in [0.15, 0.2) is 0 Å². The van der Waals surface area contributed by atoms with Crippen molar-refractivity contribution in [3.8, 4) is 5.75 Å². The summed E-state index contributed by atoms with van der Waals surface area (Å²) in [4.78, 5) is 16.5. The van der Waals surface area contributed by atoms with Crippen molar-refractivity contribution in [1.82, 2.24) is 9.80 Å². The van der Waals surface area contributed by atoms with Gasteiger partial charge in [0.1, 0.15) is 11.6 Å². The van der Waals surface area contributed by atoms with Crippen LogP contribution in [0, 0.1) is 11.2 Å². The number of nitrogens with zero attached hydrogens (tertiary/aromatic N) is 2. The molecule has 5 nitrogen and oxygen atoms in total. The van der Waals surface area contributed by atoms with Gasteiger partial charge < -0.3 is 14.7 Å². The van der Waals surface area contributed by atoms with Gasteiger partial charge in [-0.2, -0.15) is 0 Å². The first-order valence-electron chi connectivity index (χ1n) is 8.42. The van der Waals surface area contributed by atoms with Crippen LogP contribution in [-0.2, 0) is 11.3 Å². The molecule has 0 radical (unpaired) electrons. The van der Waals surface area contributed by atoms with E-state index in [9.17, 15) is 14.3 Å². The lowest BCUT2D eigenvalue weighted by atomic mass is 9.71. The van der Waals surface area contributed by atoms with Crippen molar-refractivity contribution >= 4 is 5.91 Å². The lowest BCUT2D eigenvalue weighted by molar-refractivity contribution is -0.154. The predicted octanol–water partition coefficient (Wildman–Crippen LogP) is 1.64. The van der Waals surface area contributed by atoms with E-state index in [4.69, 9.17) is 4.74 Å². The molecule has 0 bridgehead atoms. The van der Waals surface area contributed by atoms with Crippen LogP contribution in [0.3, 0.4) is 0 Å². The second-order valence-corrected chi connectivity index (χ2v) is 7.06. The second-order valence-electron chi connectivity index (χ2n) is 7.06. The molecular weight excluding hydrogens is 311 g/mol. The smallest absolute Gasteiger partial charge is 0.228 e. The Bertz CT molecular complexity index is 614. The summed E-state index contributed by atoms with van der Waals surface area (Å²) in [6, 6.07) is 4.60. The van der Waals surface area contributed by atoms with Crippen molar-refractivity contribution in [3.05, 3.63) is 29.6 Å². The summed E-state index contributed by atoms with van der Waals surface area (Å²) in [5.74, 6) is 0.407. The summed E-state index contributed by atoms with van der Waals surface area (Å²) >= 11 is 0. The Labute approximate surface area is 142 Å². The molecule has 1 aromatic carbocycles. The van der Waals surface area contributed by atoms with Gasteiger partial charge in [0, 0.05) is 31.8 Å². The number of benzene rings is 1. The maximum atomic E-state index is 13.3. The summed E-state index contributed by atoms with van der Waals surface area (Å²) in [5, 5.41) is 10.1. The number of aliphatic hydroxyl groups is 1. The molecule has 0 aromatic heterocycles. The van der Waals surface area contributed by atoms with Crippen molar-refractivity contribution in [2.45, 2.75) is 31.9 Å². The number of hydrogen-bond donors (Lipinski definition) is 1. The Balaban J connectivity index is 1.66. The molecule has 6 heteroatoms. The zero-order chi connectivity index (χ0) is 17.3. The van der Waals surface area contributed by atoms with E-state index in [1.807, 2.05) is 0 Å². The average molecular weight is 336 g/mol. The first kappa shape index (κ1) is 17.2. The number of hydrogen-bond acceptors (Lipinski definition) is 4. The minimum absolute atomic E-state index is 0.159. The van der Waals surface area contributed by atoms with Gasteiger partial charge in [-0.25, -0.2) is 4.39 Å². The minimum Gasteiger partial charge on any atom is -0.496 e. The van der Waals surface area contributed by atoms with Crippen LogP contribution < -0.4 is 4.74 Å². The normalized spacial score (nSPS) is 24.4. The number of likely N-dealkylation sites (tertiary alicyclic amines) is 2. The summed E-state index contributed by atoms with van der Waals surface area (Å²) in [6.07, 6.45) is 1.62. The highest BCUT2D eigenvalue weighted by Gasteiger charge is 2.47. The van der Waals surface area contributed by atoms with Crippen molar-refractivity contribution in [2.75, 3.05) is 33.8 Å². The van der Waals surface area contributed by atoms with Crippen molar-refractivity contribution in [1.29, 1.82) is 0 Å². The van der Waals surface area contributed by atoms with Crippen LogP contribution in [0.25, 0.3) is 0 Å². The maximum absolute atomic E-state index is 13.3. The predicted molar refractivity (Wildman–Crippen MR) is 88.2 cm³/mol. The van der Waals surface area contributed by atoms with E-state index in [0.717, 1.165) is 31.5 Å². The Morgan fingerprint density at radius 3 is 2.75 bits per heavy atom. The molecule has 1 atom stereocenters. The average Bonchev–Trinajstić information content (AvgIpc) is 2.56. The van der Waals surface area contributed by atoms with Crippen LogP contribution in [0.1, 0.15) is 24.8 Å². The van der Waals surface area contributed by atoms with Crippen LogP contribution in [0.5, 0.6) is 5.75 Å². The molecule has 0 saturated carbocycles. The quantitative estimate of drug-likeness (QED) is 0.912. The zero-order valence-electron chi connectivity index (χ0n) is 14.3. The van der Waals surface area contributed by atoms with Crippen LogP contribution >= 0.6 is 0 Å². The van der Waals surface area contributed by atoms with E-state index in [0.29, 0.717) is 25.3 Å². The summed E-state index contributed by atoms with van der Waals surface area (Å²) in [5.41, 5.74) is 0.525. The zero-order valence-corrected chi connectivity index (χ0v) is 14.3. The van der Waals surface area contributed by atoms with Gasteiger partial charge in [-0.1, -0.05) is 6.07 Å². The number of carbonyl (C=O) groups excluding carboxylic acids is 1. The summed E-state index contributed by atoms with van der Waals surface area (Å²) < 4.78 is 18.6. The topological polar surface area (TPSA) is 53.0 Å². The number of halogens is 1. The third-order valence-corrected chi connectivity index (χ3v) is 5.37. The molecule has 1 amide bonds. The number of amides is 1. The monoisotopic (exact) mass is 336 g/mol. The number of carbonyl (C=O) groups is 1. The molecule has 2 aliphatic rings. The molecule has 2 heterocycles. The van der Waals surface area contributed by atoms with Gasteiger partial charge in [0.25, 0.3) is 0 Å². The highest BCUT2D eigenvalue weighted by atomic mass is 19.1. The molecule has 132 valence electrons. The van der Waals surface area contributed by atoms with Crippen LogP contribution in [0.2, 0.25) is 0 Å². The number of rotatable bonds is 3. The number of β-amino-alcohol motifs (C(OH)–C–C–N with tert-alkyl or cyclic N) is 1. The van der Waals surface area contributed by atoms with E-state index in [1.54, 1.807) is 25.1 Å². The molecule has 1 aromatic rings. The first-order valence-corrected chi connectivity index (χ1v) is 8.42. The van der Waals surface area contributed by atoms with Gasteiger partial charge in [0.2, 0.25) is 5.91 Å². The van der Waals surface area contributed by atoms with Gasteiger partial charge in [-0.05, 0) is 38.4 Å². The fourth-order valence-electron chi connectivity index (χ4n) is 4.05. The highest BCUT2D eigenvalue weighted by molar-refractivity contribution is 5.83. The number of piperidine rings is 2. The molecule has 2 saturated heterocycles. The van der Waals surface area contributed by atoms with Crippen molar-refractivity contribution < 1.29 is 19.0 Å². The fourth-order valence-corrected chi connectivity index (χ4v) is 4.05. The maximum Gasteiger partial charge on any atom is 0.228 e. The van der Waals surface area contributed by atoms with Crippen LogP contribution in [0.15, 0.2) is 18.2 Å². The van der Waals surface area contributed by atoms with Gasteiger partial charge >= 0.3 is 0 Å². The lowest BCUT2D eigenvalue weighted by Gasteiger charge is -2.47. The van der Waals surface area contributed by atoms with E-state index >= 15 is 0 Å². The third kappa shape index (κ3) is 3.26. The SMILES string of the molecule is COc1cc(F)ccc1CN1CCC2(CC1)CC(O)CN(C)C2=O. The highest BCUT2D eigenvalue weighted by Crippen LogP contribution is 2.41. The Hall–Kier alpha value is -1.66. The number of likely N-dealkylation sites (N-methyl/N-ethyl adjacent to an activating group) is 1. The molecule has 2 fully saturated rings. The second kappa shape index (κ2) is 6.69. The molecule has 1 spiro atoms. The van der Waals surface area contributed by atoms with E-state index < -0.39 is 11.5 Å². The van der Waals surface area contributed by atoms with E-state index in [-0.39, 0.29) is 11.7 Å². The number of ether oxygens (including phenoxy) is 1. The molecule has 0 aliphatic carbocycles. The molecule has 1 unspecified atom stereocenters. The van der Waals surface area contributed by atoms with Gasteiger partial charge in [0.05, 0.1) is 18.6 Å².